The number of hydrazone groups is 1. The number of hydrogen-bond donors (Lipinski definition) is 0. The molecule has 12 nitrogen and oxygen atoms in total. The lowest BCUT2D eigenvalue weighted by atomic mass is 9.84. The van der Waals surface area contributed by atoms with Gasteiger partial charge < -0.3 is 42.6 Å². The molecule has 2 aliphatic heterocycles. The summed E-state index contributed by atoms with van der Waals surface area (Å²) in [6, 6.07) is 41.1. The van der Waals surface area contributed by atoms with Crippen molar-refractivity contribution in [3.8, 4) is 28.4 Å². The molecular formula is C75H88F2N2O10. The number of epoxide rings is 1. The molecule has 14 heteroatoms. The third kappa shape index (κ3) is 18.3. The third-order valence-corrected chi connectivity index (χ3v) is 17.4. The number of unbranched alkanes of at least 4 members (excludes halogenated alkanes) is 5. The van der Waals surface area contributed by atoms with Crippen molar-refractivity contribution in [2.75, 3.05) is 84.2 Å². The van der Waals surface area contributed by atoms with E-state index in [9.17, 15) is 4.79 Å². The van der Waals surface area contributed by atoms with Gasteiger partial charge in [0.2, 0.25) is 0 Å². The summed E-state index contributed by atoms with van der Waals surface area (Å²) in [6.45, 7) is 16.7. The Morgan fingerprint density at radius 1 is 0.697 bits per heavy atom. The van der Waals surface area contributed by atoms with Gasteiger partial charge in [-0.3, -0.25) is 5.01 Å². The fourth-order valence-corrected chi connectivity index (χ4v) is 11.8. The Bertz CT molecular complexity index is 3470. The minimum absolute atomic E-state index is 0.0921. The molecule has 1 aliphatic carbocycles. The average molecular weight is 1220 g/mol. The van der Waals surface area contributed by atoms with Gasteiger partial charge in [-0.15, -0.1) is 0 Å². The van der Waals surface area contributed by atoms with Crippen LogP contribution in [0.15, 0.2) is 145 Å². The lowest BCUT2D eigenvalue weighted by Gasteiger charge is -2.40. The number of aryl methyl sites for hydroxylation is 3. The Morgan fingerprint density at radius 3 is 2.20 bits per heavy atom. The van der Waals surface area contributed by atoms with Gasteiger partial charge in [0, 0.05) is 47.3 Å². The largest absolute Gasteiger partial charge is 0.494 e. The highest BCUT2D eigenvalue weighted by molar-refractivity contribution is 6.00. The summed E-state index contributed by atoms with van der Waals surface area (Å²) < 4.78 is 86.0. The molecule has 0 aromatic heterocycles. The molecule has 7 aromatic carbocycles. The molecule has 3 fully saturated rings. The monoisotopic (exact) mass is 1210 g/mol. The summed E-state index contributed by atoms with van der Waals surface area (Å²) in [5.74, 6) is 0.562. The summed E-state index contributed by atoms with van der Waals surface area (Å²) in [6.07, 6.45) is 15.1. The van der Waals surface area contributed by atoms with Crippen molar-refractivity contribution in [3.05, 3.63) is 179 Å². The average Bonchev–Trinajstić information content (AvgIpc) is 1.91. The summed E-state index contributed by atoms with van der Waals surface area (Å²) in [4.78, 5) is 12.0. The van der Waals surface area contributed by atoms with E-state index < -0.39 is 17.6 Å². The Morgan fingerprint density at radius 2 is 1.44 bits per heavy atom. The van der Waals surface area contributed by atoms with Crippen LogP contribution < -0.4 is 19.2 Å². The van der Waals surface area contributed by atoms with Gasteiger partial charge in [-0.05, 0) is 183 Å². The number of rotatable bonds is 37. The molecule has 2 heterocycles. The molecule has 0 radical (unpaired) electrons. The second kappa shape index (κ2) is 32.5. The molecule has 89 heavy (non-hydrogen) atoms. The minimum Gasteiger partial charge on any atom is -0.494 e. The highest BCUT2D eigenvalue weighted by Crippen LogP contribution is 2.40. The number of carbonyl (C=O) groups is 1. The molecule has 2 saturated heterocycles. The standard InChI is InChI=1S/C75H88F2N2O10/c1-5-75(51-84-52-75)50-83-37-13-6-7-15-39-86-68-33-21-55(43-54(68)4)49-88-73-62(47-78-79(35-40-81-41-42-87-74(80)53(2)3)63-29-25-57-17-9-10-18-60(57)46-63)45-61(65-19-11-12-20-67(65)73)24-23-59-28-32-66(72(77)71(59)76)58-26-30-64(31-27-58)85-38-16-8-14-36-82-48-56-22-34-69-70(44-56)89-69/h9-12,17-21,25-33,43,45-47,56,69-70H,2,5-8,13-16,22-24,34-42,44,48-52H2,1,3-4H3/b78-47+. The van der Waals surface area contributed by atoms with Crippen molar-refractivity contribution < 1.29 is 56.2 Å². The summed E-state index contributed by atoms with van der Waals surface area (Å²) in [5.41, 5.74) is 6.03. The first-order valence-corrected chi connectivity index (χ1v) is 32.2. The molecule has 0 bridgehead atoms. The minimum atomic E-state index is -0.887. The maximum absolute atomic E-state index is 16.3. The molecule has 3 aliphatic rings. The van der Waals surface area contributed by atoms with Crippen molar-refractivity contribution in [1.29, 1.82) is 0 Å². The number of hydrogen-bond acceptors (Lipinski definition) is 12. The highest BCUT2D eigenvalue weighted by atomic mass is 19.2. The smallest absolute Gasteiger partial charge is 0.333 e. The lowest BCUT2D eigenvalue weighted by Crippen LogP contribution is -2.45. The predicted octanol–water partition coefficient (Wildman–Crippen LogP) is 16.1. The maximum Gasteiger partial charge on any atom is 0.333 e. The van der Waals surface area contributed by atoms with E-state index in [2.05, 4.69) is 50.8 Å². The van der Waals surface area contributed by atoms with E-state index in [1.165, 1.54) is 12.8 Å². The number of ether oxygens (including phenoxy) is 9. The second-order valence-electron chi connectivity index (χ2n) is 24.3. The van der Waals surface area contributed by atoms with Crippen LogP contribution in [0.4, 0.5) is 14.5 Å². The Hall–Kier alpha value is -7.20. The SMILES string of the molecule is C=C(C)C(=O)OCCOCCN(/N=C/c1cc(CCc2ccc(-c3ccc(OCCCCCOCC4CCC5OC5C4)cc3)c(F)c2F)c2ccccc2c1OCc1ccc(OCCCCCCOCC2(CC)COC2)c(C)c1)c1ccc2ccccc2c1. The molecule has 0 spiro atoms. The van der Waals surface area contributed by atoms with Crippen molar-refractivity contribution in [2.45, 2.75) is 123 Å². The maximum atomic E-state index is 16.3. The van der Waals surface area contributed by atoms with Gasteiger partial charge in [-0.25, -0.2) is 13.6 Å². The molecule has 0 N–H and O–H groups in total. The van der Waals surface area contributed by atoms with Gasteiger partial charge in [0.25, 0.3) is 0 Å². The van der Waals surface area contributed by atoms with E-state index in [1.54, 1.807) is 37.4 Å². The number of nitrogens with zero attached hydrogens (tertiary/aromatic N) is 2. The van der Waals surface area contributed by atoms with Crippen LogP contribution in [0.1, 0.15) is 112 Å². The van der Waals surface area contributed by atoms with E-state index >= 15 is 8.78 Å². The van der Waals surface area contributed by atoms with Crippen molar-refractivity contribution in [1.82, 2.24) is 0 Å². The first-order valence-electron chi connectivity index (χ1n) is 32.2. The van der Waals surface area contributed by atoms with Gasteiger partial charge in [0.1, 0.15) is 30.5 Å². The number of fused-ring (bicyclic) bond motifs is 3. The zero-order valence-electron chi connectivity index (χ0n) is 52.3. The number of esters is 1. The van der Waals surface area contributed by atoms with Crippen molar-refractivity contribution in [2.24, 2.45) is 16.4 Å². The molecular weight excluding hydrogens is 1130 g/mol. The topological polar surface area (TPSA) is 119 Å². The Labute approximate surface area is 524 Å². The molecule has 10 rings (SSSR count). The fourth-order valence-electron chi connectivity index (χ4n) is 11.8. The van der Waals surface area contributed by atoms with E-state index in [0.29, 0.717) is 72.5 Å². The predicted molar refractivity (Wildman–Crippen MR) is 349 cm³/mol. The van der Waals surface area contributed by atoms with Crippen LogP contribution in [0.25, 0.3) is 32.7 Å². The van der Waals surface area contributed by atoms with Crippen LogP contribution in [-0.2, 0) is 52.7 Å². The Kier molecular flexibility index (Phi) is 23.7. The fraction of sp³-hybridized carbons (Fsp3) is 0.440. The molecule has 7 aromatic rings. The number of benzene rings is 7. The summed E-state index contributed by atoms with van der Waals surface area (Å²) >= 11 is 0. The summed E-state index contributed by atoms with van der Waals surface area (Å²) in [7, 11) is 0. The van der Waals surface area contributed by atoms with E-state index in [0.717, 1.165) is 147 Å². The molecule has 0 amide bonds. The molecule has 1 saturated carbocycles. The third-order valence-electron chi connectivity index (χ3n) is 17.4. The van der Waals surface area contributed by atoms with Crippen LogP contribution in [0.3, 0.4) is 0 Å². The first-order chi connectivity index (χ1) is 43.5. The van der Waals surface area contributed by atoms with Crippen LogP contribution in [0, 0.1) is 29.9 Å². The molecule has 3 unspecified atom stereocenters. The molecule has 472 valence electrons. The number of anilines is 1. The van der Waals surface area contributed by atoms with E-state index in [-0.39, 0.29) is 49.4 Å². The van der Waals surface area contributed by atoms with Gasteiger partial charge in [-0.2, -0.15) is 5.10 Å². The van der Waals surface area contributed by atoms with Crippen LogP contribution >= 0.6 is 0 Å². The summed E-state index contributed by atoms with van der Waals surface area (Å²) in [5, 5.41) is 10.9. The molecule has 3 atom stereocenters. The van der Waals surface area contributed by atoms with E-state index in [4.69, 9.17) is 47.7 Å². The van der Waals surface area contributed by atoms with Crippen molar-refractivity contribution >= 4 is 39.4 Å². The van der Waals surface area contributed by atoms with Crippen LogP contribution in [0.5, 0.6) is 17.2 Å². The lowest BCUT2D eigenvalue weighted by molar-refractivity contribution is -0.150. The highest BCUT2D eigenvalue weighted by Gasteiger charge is 2.43. The van der Waals surface area contributed by atoms with Gasteiger partial charge in [0.05, 0.1) is 76.9 Å². The normalized spacial score (nSPS) is 16.7. The van der Waals surface area contributed by atoms with Gasteiger partial charge >= 0.3 is 5.97 Å². The Balaban J connectivity index is 0.809. The van der Waals surface area contributed by atoms with Crippen LogP contribution in [0.2, 0.25) is 0 Å². The van der Waals surface area contributed by atoms with Crippen LogP contribution in [-0.4, -0.2) is 104 Å². The zero-order chi connectivity index (χ0) is 61.8. The zero-order valence-corrected chi connectivity index (χ0v) is 52.3. The first kappa shape index (κ1) is 64.8. The van der Waals surface area contributed by atoms with Gasteiger partial charge in [0.15, 0.2) is 11.6 Å². The van der Waals surface area contributed by atoms with Gasteiger partial charge in [-0.1, -0.05) is 105 Å². The quantitative estimate of drug-likeness (QED) is 0.00925. The number of halogens is 2. The second-order valence-corrected chi connectivity index (χ2v) is 24.3. The van der Waals surface area contributed by atoms with Crippen molar-refractivity contribution in [3.63, 3.8) is 0 Å². The van der Waals surface area contributed by atoms with E-state index in [1.807, 2.05) is 77.8 Å². The number of carbonyl (C=O) groups excluding carboxylic acids is 1.